The van der Waals surface area contributed by atoms with Crippen LogP contribution < -0.4 is 10.5 Å². The Morgan fingerprint density at radius 2 is 1.85 bits per heavy atom. The fraction of sp³-hybridized carbons (Fsp3) is 0.300. The second-order valence-corrected chi connectivity index (χ2v) is 7.58. The lowest BCUT2D eigenvalue weighted by molar-refractivity contribution is 0.407. The fourth-order valence-corrected chi connectivity index (χ4v) is 3.88. The SMILES string of the molecule is COc1ccc(C2(C3CC3)N=C(C)C(N)=N2)cc1-c1cc(Cl)ccc1Cl. The maximum absolute atomic E-state index is 6.44. The van der Waals surface area contributed by atoms with Crippen molar-refractivity contribution >= 4 is 34.7 Å². The van der Waals surface area contributed by atoms with Crippen LogP contribution in [0, 0.1) is 5.92 Å². The van der Waals surface area contributed by atoms with Gasteiger partial charge in [0.1, 0.15) is 11.6 Å². The summed E-state index contributed by atoms with van der Waals surface area (Å²) in [6.07, 6.45) is 2.18. The molecular weight excluding hydrogens is 369 g/mol. The molecule has 0 aromatic heterocycles. The van der Waals surface area contributed by atoms with Crippen LogP contribution in [0.4, 0.5) is 0 Å². The Kier molecular flexibility index (Phi) is 4.20. The predicted molar refractivity (Wildman–Crippen MR) is 108 cm³/mol. The van der Waals surface area contributed by atoms with E-state index in [-0.39, 0.29) is 0 Å². The van der Waals surface area contributed by atoms with Crippen molar-refractivity contribution in [3.63, 3.8) is 0 Å². The molecule has 1 aliphatic heterocycles. The number of hydrogen-bond donors (Lipinski definition) is 1. The summed E-state index contributed by atoms with van der Waals surface area (Å²) < 4.78 is 5.57. The monoisotopic (exact) mass is 387 g/mol. The lowest BCUT2D eigenvalue weighted by Gasteiger charge is -2.25. The van der Waals surface area contributed by atoms with E-state index in [1.54, 1.807) is 19.2 Å². The highest BCUT2D eigenvalue weighted by molar-refractivity contribution is 6.41. The molecule has 1 fully saturated rings. The van der Waals surface area contributed by atoms with Crippen LogP contribution in [-0.2, 0) is 5.66 Å². The van der Waals surface area contributed by atoms with Gasteiger partial charge in [0.15, 0.2) is 5.66 Å². The first-order valence-electron chi connectivity index (χ1n) is 8.50. The van der Waals surface area contributed by atoms with Crippen molar-refractivity contribution in [2.75, 3.05) is 7.11 Å². The Hall–Kier alpha value is -2.04. The van der Waals surface area contributed by atoms with E-state index < -0.39 is 5.66 Å². The normalized spacial score (nSPS) is 22.2. The molecule has 4 nitrogen and oxygen atoms in total. The topological polar surface area (TPSA) is 60.0 Å². The van der Waals surface area contributed by atoms with Gasteiger partial charge in [-0.25, -0.2) is 4.99 Å². The van der Waals surface area contributed by atoms with Crippen molar-refractivity contribution < 1.29 is 4.74 Å². The molecule has 1 heterocycles. The average Bonchev–Trinajstić information content (AvgIpc) is 3.43. The zero-order valence-electron chi connectivity index (χ0n) is 14.6. The number of methoxy groups -OCH3 is 1. The number of nitrogens with zero attached hydrogens (tertiary/aromatic N) is 2. The summed E-state index contributed by atoms with van der Waals surface area (Å²) in [4.78, 5) is 9.61. The highest BCUT2D eigenvalue weighted by Crippen LogP contribution is 2.52. The fourth-order valence-electron chi connectivity index (χ4n) is 3.49. The number of ether oxygens (including phenoxy) is 1. The third-order valence-electron chi connectivity index (χ3n) is 4.99. The summed E-state index contributed by atoms with van der Waals surface area (Å²) >= 11 is 12.6. The zero-order valence-corrected chi connectivity index (χ0v) is 16.1. The molecule has 1 saturated carbocycles. The molecule has 2 aromatic carbocycles. The van der Waals surface area contributed by atoms with Crippen LogP contribution in [0.1, 0.15) is 25.3 Å². The molecule has 6 heteroatoms. The number of halogens is 2. The van der Waals surface area contributed by atoms with Crippen molar-refractivity contribution in [1.29, 1.82) is 0 Å². The van der Waals surface area contributed by atoms with E-state index in [4.69, 9.17) is 43.7 Å². The van der Waals surface area contributed by atoms with Crippen LogP contribution in [0.15, 0.2) is 46.4 Å². The highest BCUT2D eigenvalue weighted by Gasteiger charge is 2.49. The highest BCUT2D eigenvalue weighted by atomic mass is 35.5. The van der Waals surface area contributed by atoms with Crippen LogP contribution >= 0.6 is 23.2 Å². The Morgan fingerprint density at radius 1 is 1.08 bits per heavy atom. The van der Waals surface area contributed by atoms with Gasteiger partial charge in [0.25, 0.3) is 0 Å². The first-order chi connectivity index (χ1) is 12.4. The lowest BCUT2D eigenvalue weighted by Crippen LogP contribution is -2.23. The maximum atomic E-state index is 6.44. The number of rotatable bonds is 4. The van der Waals surface area contributed by atoms with Gasteiger partial charge >= 0.3 is 0 Å². The maximum Gasteiger partial charge on any atom is 0.181 e. The van der Waals surface area contributed by atoms with Gasteiger partial charge in [0, 0.05) is 32.7 Å². The molecule has 0 radical (unpaired) electrons. The molecule has 1 atom stereocenters. The third-order valence-corrected chi connectivity index (χ3v) is 5.55. The van der Waals surface area contributed by atoms with Crippen LogP contribution in [0.2, 0.25) is 10.0 Å². The molecule has 0 saturated heterocycles. The van der Waals surface area contributed by atoms with Crippen molar-refractivity contribution in [3.8, 4) is 16.9 Å². The third kappa shape index (κ3) is 2.78. The van der Waals surface area contributed by atoms with E-state index in [1.165, 1.54) is 0 Å². The van der Waals surface area contributed by atoms with Gasteiger partial charge in [-0.2, -0.15) is 0 Å². The minimum Gasteiger partial charge on any atom is -0.496 e. The first-order valence-corrected chi connectivity index (χ1v) is 9.26. The minimum absolute atomic E-state index is 0.370. The van der Waals surface area contributed by atoms with Crippen LogP contribution in [0.3, 0.4) is 0 Å². The Morgan fingerprint density at radius 3 is 2.46 bits per heavy atom. The summed E-state index contributed by atoms with van der Waals surface area (Å²) in [5.41, 5.74) is 8.89. The molecule has 134 valence electrons. The number of nitrogens with two attached hydrogens (primary N) is 1. The molecule has 1 aliphatic carbocycles. The molecule has 0 spiro atoms. The second kappa shape index (κ2) is 6.29. The molecular formula is C20H19Cl2N3O. The Bertz CT molecular complexity index is 930. The summed E-state index contributed by atoms with van der Waals surface area (Å²) in [5.74, 6) is 1.60. The largest absolute Gasteiger partial charge is 0.496 e. The molecule has 4 rings (SSSR count). The number of aliphatic imine (C=N–C) groups is 2. The van der Waals surface area contributed by atoms with Gasteiger partial charge in [-0.15, -0.1) is 0 Å². The van der Waals surface area contributed by atoms with Crippen molar-refractivity contribution in [2.45, 2.75) is 25.4 Å². The Labute approximate surface area is 162 Å². The summed E-state index contributed by atoms with van der Waals surface area (Å²) in [6, 6.07) is 11.4. The van der Waals surface area contributed by atoms with Gasteiger partial charge < -0.3 is 10.5 Å². The molecule has 0 bridgehead atoms. The zero-order chi connectivity index (χ0) is 18.5. The van der Waals surface area contributed by atoms with E-state index in [1.807, 2.05) is 31.2 Å². The van der Waals surface area contributed by atoms with Crippen molar-refractivity contribution in [2.24, 2.45) is 21.6 Å². The second-order valence-electron chi connectivity index (χ2n) is 6.73. The van der Waals surface area contributed by atoms with E-state index >= 15 is 0 Å². The molecule has 2 aromatic rings. The van der Waals surface area contributed by atoms with E-state index in [0.717, 1.165) is 41.0 Å². The van der Waals surface area contributed by atoms with Crippen LogP contribution in [-0.4, -0.2) is 18.7 Å². The molecule has 1 unspecified atom stereocenters. The molecule has 2 aliphatic rings. The molecule has 26 heavy (non-hydrogen) atoms. The molecule has 2 N–H and O–H groups in total. The lowest BCUT2D eigenvalue weighted by atomic mass is 9.91. The summed E-state index contributed by atoms with van der Waals surface area (Å²) in [5, 5.41) is 1.23. The smallest absolute Gasteiger partial charge is 0.181 e. The molecule has 0 amide bonds. The van der Waals surface area contributed by atoms with Gasteiger partial charge in [-0.05, 0) is 50.1 Å². The Balaban J connectivity index is 1.91. The van der Waals surface area contributed by atoms with E-state index in [0.29, 0.717) is 21.8 Å². The van der Waals surface area contributed by atoms with Crippen molar-refractivity contribution in [1.82, 2.24) is 0 Å². The summed E-state index contributed by atoms with van der Waals surface area (Å²) in [7, 11) is 1.64. The van der Waals surface area contributed by atoms with Crippen molar-refractivity contribution in [3.05, 3.63) is 52.0 Å². The van der Waals surface area contributed by atoms with Crippen LogP contribution in [0.5, 0.6) is 5.75 Å². The average molecular weight is 388 g/mol. The van der Waals surface area contributed by atoms with Gasteiger partial charge in [0.2, 0.25) is 0 Å². The minimum atomic E-state index is -0.639. The number of hydrogen-bond acceptors (Lipinski definition) is 4. The standard InChI is InChI=1S/C20H19Cl2N3O/c1-11-19(23)25-20(24-11,12-3-4-12)13-5-8-18(26-2)16(9-13)15-10-14(21)6-7-17(15)22/h5-10,12H,3-4H2,1-2H3,(H2,23,25). The first kappa shape index (κ1) is 17.4. The number of benzene rings is 2. The van der Waals surface area contributed by atoms with Gasteiger partial charge in [0.05, 0.1) is 12.8 Å². The van der Waals surface area contributed by atoms with Gasteiger partial charge in [-0.1, -0.05) is 29.3 Å². The quantitative estimate of drug-likeness (QED) is 0.796. The van der Waals surface area contributed by atoms with Crippen LogP contribution in [0.25, 0.3) is 11.1 Å². The van der Waals surface area contributed by atoms with Gasteiger partial charge in [-0.3, -0.25) is 4.99 Å². The van der Waals surface area contributed by atoms with E-state index in [2.05, 4.69) is 0 Å². The predicted octanol–water partition coefficient (Wildman–Crippen LogP) is 5.06. The number of amidine groups is 1. The van der Waals surface area contributed by atoms with E-state index in [9.17, 15) is 0 Å². The summed E-state index contributed by atoms with van der Waals surface area (Å²) in [6.45, 7) is 1.90.